The van der Waals surface area contributed by atoms with Crippen molar-refractivity contribution in [2.75, 3.05) is 36.0 Å². The Morgan fingerprint density at radius 3 is 1.69 bits per heavy atom. The van der Waals surface area contributed by atoms with Gasteiger partial charge in [-0.05, 0) is 48.9 Å². The van der Waals surface area contributed by atoms with E-state index in [1.807, 2.05) is 0 Å². The van der Waals surface area contributed by atoms with Crippen LogP contribution in [-0.2, 0) is 17.6 Å². The fourth-order valence-corrected chi connectivity index (χ4v) is 4.34. The second-order valence-corrected chi connectivity index (χ2v) is 7.48. The van der Waals surface area contributed by atoms with Crippen LogP contribution in [0.5, 0.6) is 0 Å². The van der Waals surface area contributed by atoms with Crippen molar-refractivity contribution in [1.29, 1.82) is 0 Å². The summed E-state index contributed by atoms with van der Waals surface area (Å²) in [6, 6.07) is 17.3. The Hall–Kier alpha value is -2.29. The van der Waals surface area contributed by atoms with E-state index in [-0.39, 0.29) is 0 Å². The summed E-state index contributed by atoms with van der Waals surface area (Å²) in [5.74, 6) is 0.421. The third kappa shape index (κ3) is 3.77. The molecule has 2 aromatic rings. The monoisotopic (exact) mass is 348 g/mol. The third-order valence-electron chi connectivity index (χ3n) is 5.73. The minimum atomic E-state index is 0.421. The Kier molecular flexibility index (Phi) is 5.24. The maximum atomic E-state index is 12.2. The minimum absolute atomic E-state index is 0.421. The normalized spacial score (nSPS) is 15.2. The number of carbonyl (C=O) groups excluding carboxylic acids is 1. The summed E-state index contributed by atoms with van der Waals surface area (Å²) < 4.78 is 0. The molecule has 0 aromatic heterocycles. The summed E-state index contributed by atoms with van der Waals surface area (Å²) in [6.07, 6.45) is 5.66. The van der Waals surface area contributed by atoms with Gasteiger partial charge in [0.2, 0.25) is 0 Å². The van der Waals surface area contributed by atoms with Gasteiger partial charge in [0.05, 0.1) is 0 Å². The number of hydrogen-bond donors (Lipinski definition) is 0. The van der Waals surface area contributed by atoms with Crippen LogP contribution in [0, 0.1) is 0 Å². The summed E-state index contributed by atoms with van der Waals surface area (Å²) >= 11 is 0. The van der Waals surface area contributed by atoms with Crippen LogP contribution in [0.1, 0.15) is 36.8 Å². The van der Waals surface area contributed by atoms with E-state index < -0.39 is 0 Å². The summed E-state index contributed by atoms with van der Waals surface area (Å²) in [6.45, 7) is 4.20. The fraction of sp³-hybridized carbons (Fsp3) is 0.435. The average Bonchev–Trinajstić information content (AvgIpc) is 3.27. The molecule has 0 fully saturated rings. The van der Waals surface area contributed by atoms with Crippen LogP contribution in [-0.4, -0.2) is 32.0 Å². The van der Waals surface area contributed by atoms with Crippen LogP contribution in [0.15, 0.2) is 48.5 Å². The summed E-state index contributed by atoms with van der Waals surface area (Å²) in [5, 5.41) is 0. The number of carbonyl (C=O) groups is 1. The van der Waals surface area contributed by atoms with Crippen molar-refractivity contribution >= 4 is 17.2 Å². The van der Waals surface area contributed by atoms with Crippen molar-refractivity contribution in [3.05, 3.63) is 59.7 Å². The van der Waals surface area contributed by atoms with Crippen molar-refractivity contribution < 1.29 is 4.79 Å². The number of hydrogen-bond acceptors (Lipinski definition) is 3. The molecule has 0 amide bonds. The first-order valence-corrected chi connectivity index (χ1v) is 9.99. The first kappa shape index (κ1) is 17.1. The van der Waals surface area contributed by atoms with Gasteiger partial charge in [0, 0.05) is 50.4 Å². The second kappa shape index (κ2) is 7.94. The van der Waals surface area contributed by atoms with Gasteiger partial charge in [0.25, 0.3) is 0 Å². The molecule has 0 aliphatic carbocycles. The Bertz CT molecular complexity index is 707. The van der Waals surface area contributed by atoms with E-state index in [1.165, 1.54) is 22.5 Å². The van der Waals surface area contributed by atoms with Crippen molar-refractivity contribution in [3.63, 3.8) is 0 Å². The lowest BCUT2D eigenvalue weighted by Crippen LogP contribution is -2.23. The van der Waals surface area contributed by atoms with E-state index in [2.05, 4.69) is 58.3 Å². The van der Waals surface area contributed by atoms with Gasteiger partial charge in [-0.15, -0.1) is 0 Å². The van der Waals surface area contributed by atoms with Gasteiger partial charge in [0.15, 0.2) is 0 Å². The number of para-hydroxylation sites is 2. The number of Topliss-reactive ketones (excluding diaryl/α,β-unsaturated/α-hetero) is 1. The second-order valence-electron chi connectivity index (χ2n) is 7.48. The maximum absolute atomic E-state index is 12.2. The molecule has 0 unspecified atom stereocenters. The first-order chi connectivity index (χ1) is 12.8. The highest BCUT2D eigenvalue weighted by molar-refractivity contribution is 5.78. The van der Waals surface area contributed by atoms with Gasteiger partial charge in [-0.1, -0.05) is 36.4 Å². The lowest BCUT2D eigenvalue weighted by atomic mass is 10.1. The molecular weight excluding hydrogens is 320 g/mol. The topological polar surface area (TPSA) is 23.6 Å². The van der Waals surface area contributed by atoms with Crippen molar-refractivity contribution in [2.24, 2.45) is 0 Å². The van der Waals surface area contributed by atoms with Crippen LogP contribution >= 0.6 is 0 Å². The van der Waals surface area contributed by atoms with E-state index in [1.54, 1.807) is 0 Å². The van der Waals surface area contributed by atoms with Gasteiger partial charge in [-0.3, -0.25) is 4.79 Å². The molecule has 0 spiro atoms. The molecular formula is C23H28N2O. The molecule has 0 saturated heterocycles. The zero-order valence-corrected chi connectivity index (χ0v) is 15.5. The number of ketones is 1. The highest BCUT2D eigenvalue weighted by Gasteiger charge is 2.19. The minimum Gasteiger partial charge on any atom is -0.371 e. The maximum Gasteiger partial charge on any atom is 0.133 e. The molecule has 3 nitrogen and oxygen atoms in total. The van der Waals surface area contributed by atoms with E-state index in [0.29, 0.717) is 5.78 Å². The molecule has 0 N–H and O–H groups in total. The van der Waals surface area contributed by atoms with Crippen molar-refractivity contribution in [2.45, 2.75) is 38.5 Å². The molecule has 0 atom stereocenters. The Labute approximate surface area is 156 Å². The van der Waals surface area contributed by atoms with Crippen LogP contribution < -0.4 is 9.80 Å². The van der Waals surface area contributed by atoms with E-state index >= 15 is 0 Å². The van der Waals surface area contributed by atoms with Crippen LogP contribution in [0.2, 0.25) is 0 Å². The Balaban J connectivity index is 1.16. The zero-order valence-electron chi connectivity index (χ0n) is 15.5. The zero-order chi connectivity index (χ0) is 17.8. The van der Waals surface area contributed by atoms with E-state index in [4.69, 9.17) is 0 Å². The SMILES string of the molecule is O=C(CCCN1CCc2ccccc21)CCCN1CCc2ccccc21. The largest absolute Gasteiger partial charge is 0.371 e. The van der Waals surface area contributed by atoms with Gasteiger partial charge in [0.1, 0.15) is 5.78 Å². The molecule has 2 aliphatic heterocycles. The van der Waals surface area contributed by atoms with Gasteiger partial charge in [-0.25, -0.2) is 0 Å². The molecule has 136 valence electrons. The number of rotatable bonds is 8. The molecule has 0 bridgehead atoms. The molecule has 26 heavy (non-hydrogen) atoms. The number of fused-ring (bicyclic) bond motifs is 2. The quantitative estimate of drug-likeness (QED) is 0.713. The highest BCUT2D eigenvalue weighted by atomic mass is 16.1. The third-order valence-corrected chi connectivity index (χ3v) is 5.73. The van der Waals surface area contributed by atoms with Gasteiger partial charge < -0.3 is 9.80 Å². The predicted octanol–water partition coefficient (Wildman–Crippen LogP) is 4.24. The van der Waals surface area contributed by atoms with Gasteiger partial charge in [-0.2, -0.15) is 0 Å². The van der Waals surface area contributed by atoms with Gasteiger partial charge >= 0.3 is 0 Å². The Morgan fingerprint density at radius 1 is 0.731 bits per heavy atom. The van der Waals surface area contributed by atoms with E-state index in [9.17, 15) is 4.79 Å². The number of nitrogens with zero attached hydrogens (tertiary/aromatic N) is 2. The van der Waals surface area contributed by atoms with Crippen LogP contribution in [0.4, 0.5) is 11.4 Å². The predicted molar refractivity (Wildman–Crippen MR) is 108 cm³/mol. The molecule has 2 aliphatic rings. The average molecular weight is 348 g/mol. The summed E-state index contributed by atoms with van der Waals surface area (Å²) in [7, 11) is 0. The van der Waals surface area contributed by atoms with E-state index in [0.717, 1.165) is 64.7 Å². The van der Waals surface area contributed by atoms with Crippen LogP contribution in [0.3, 0.4) is 0 Å². The lowest BCUT2D eigenvalue weighted by molar-refractivity contribution is -0.119. The molecule has 3 heteroatoms. The number of anilines is 2. The number of benzene rings is 2. The molecule has 4 rings (SSSR count). The molecule has 0 saturated carbocycles. The van der Waals surface area contributed by atoms with Crippen molar-refractivity contribution in [1.82, 2.24) is 0 Å². The standard InChI is InChI=1S/C23H28N2O/c26-21(9-5-15-24-17-13-19-7-1-3-11-22(19)24)10-6-16-25-18-14-20-8-2-4-12-23(20)25/h1-4,7-8,11-12H,5-6,9-10,13-18H2. The van der Waals surface area contributed by atoms with Crippen LogP contribution in [0.25, 0.3) is 0 Å². The summed E-state index contributed by atoms with van der Waals surface area (Å²) in [4.78, 5) is 17.1. The molecule has 2 aromatic carbocycles. The smallest absolute Gasteiger partial charge is 0.133 e. The first-order valence-electron chi connectivity index (χ1n) is 9.99. The lowest BCUT2D eigenvalue weighted by Gasteiger charge is -2.20. The summed E-state index contributed by atoms with van der Waals surface area (Å²) in [5.41, 5.74) is 5.63. The molecule has 0 radical (unpaired) electrons. The highest BCUT2D eigenvalue weighted by Crippen LogP contribution is 2.28. The Morgan fingerprint density at radius 2 is 1.19 bits per heavy atom. The molecule has 2 heterocycles. The fourth-order valence-electron chi connectivity index (χ4n) is 4.34. The van der Waals surface area contributed by atoms with Crippen molar-refractivity contribution in [3.8, 4) is 0 Å².